The number of alkyl halides is 9. The maximum absolute atomic E-state index is 13.4. The van der Waals surface area contributed by atoms with E-state index < -0.39 is 28.8 Å². The average molecular weight is 329 g/mol. The highest BCUT2D eigenvalue weighted by molar-refractivity contribution is 6.22. The summed E-state index contributed by atoms with van der Waals surface area (Å²) in [6.07, 6.45) is 0.482. The normalized spacial score (nSPS) is 14.4. The first-order valence-electron chi connectivity index (χ1n) is 4.67. The molecule has 0 radical (unpaired) electrons. The molecule has 0 bridgehead atoms. The van der Waals surface area contributed by atoms with Crippen molar-refractivity contribution in [2.24, 2.45) is 0 Å². The fourth-order valence-electron chi connectivity index (χ4n) is 1.13. The lowest BCUT2D eigenvalue weighted by molar-refractivity contribution is -0.353. The van der Waals surface area contributed by atoms with Crippen molar-refractivity contribution in [3.8, 4) is 0 Å². The molecule has 0 aliphatic carbocycles. The van der Waals surface area contributed by atoms with Gasteiger partial charge < -0.3 is 5.73 Å². The predicted molar refractivity (Wildman–Crippen MR) is 53.2 cm³/mol. The third-order valence-corrected chi connectivity index (χ3v) is 2.49. The number of halogens is 9. The van der Waals surface area contributed by atoms with Gasteiger partial charge in [-0.05, 0) is 23.7 Å². The molecule has 0 aliphatic rings. The number of nitrogens with zero attached hydrogens (tertiary/aromatic N) is 1. The summed E-state index contributed by atoms with van der Waals surface area (Å²) in [5.41, 5.74) is 2.98. The van der Waals surface area contributed by atoms with E-state index in [-0.39, 0.29) is 11.8 Å². The summed E-state index contributed by atoms with van der Waals surface area (Å²) in [6.45, 7) is 0. The first kappa shape index (κ1) is 16.7. The number of rotatable bonds is 4. The number of hydrogen-bond acceptors (Lipinski definition) is 2. The van der Waals surface area contributed by atoms with Gasteiger partial charge in [-0.25, -0.2) is 0 Å². The van der Waals surface area contributed by atoms with Crippen LogP contribution >= 0.6 is 11.6 Å². The van der Waals surface area contributed by atoms with Crippen LogP contribution in [0.2, 0.25) is 0 Å². The van der Waals surface area contributed by atoms with E-state index in [9.17, 15) is 35.1 Å². The minimum Gasteiger partial charge on any atom is -0.397 e. The first-order valence-corrected chi connectivity index (χ1v) is 5.05. The SMILES string of the molecule is Nc1ccc(C(F)(F)C(F)(F)C(F)(F)C(F)(F)Cl)nc1. The molecule has 114 valence electrons. The molecule has 2 nitrogen and oxygen atoms in total. The maximum Gasteiger partial charge on any atom is 0.393 e. The number of pyridine rings is 1. The molecule has 1 heterocycles. The summed E-state index contributed by atoms with van der Waals surface area (Å²) < 4.78 is 103. The lowest BCUT2D eigenvalue weighted by Crippen LogP contribution is -2.59. The van der Waals surface area contributed by atoms with Crippen molar-refractivity contribution < 1.29 is 35.1 Å². The Kier molecular flexibility index (Phi) is 3.85. The maximum atomic E-state index is 13.4. The van der Waals surface area contributed by atoms with Crippen LogP contribution in [0.1, 0.15) is 5.69 Å². The predicted octanol–water partition coefficient (Wildman–Crippen LogP) is 3.86. The van der Waals surface area contributed by atoms with Gasteiger partial charge in [-0.3, -0.25) is 4.98 Å². The van der Waals surface area contributed by atoms with E-state index >= 15 is 0 Å². The van der Waals surface area contributed by atoms with Gasteiger partial charge in [0.05, 0.1) is 11.9 Å². The zero-order chi connectivity index (χ0) is 16.0. The minimum absolute atomic E-state index is 0.214. The van der Waals surface area contributed by atoms with Crippen LogP contribution in [-0.2, 0) is 5.92 Å². The molecule has 2 N–H and O–H groups in total. The molecule has 0 saturated carbocycles. The fraction of sp³-hybridized carbons (Fsp3) is 0.444. The molecule has 0 aromatic carbocycles. The highest BCUT2D eigenvalue weighted by Crippen LogP contribution is 2.56. The number of aromatic nitrogens is 1. The molecule has 1 aromatic rings. The van der Waals surface area contributed by atoms with Crippen molar-refractivity contribution in [1.29, 1.82) is 0 Å². The van der Waals surface area contributed by atoms with Crippen molar-refractivity contribution >= 4 is 17.3 Å². The third kappa shape index (κ3) is 2.36. The molecule has 11 heteroatoms. The Labute approximate surface area is 111 Å². The number of nitrogen functional groups attached to an aromatic ring is 1. The Morgan fingerprint density at radius 3 is 1.75 bits per heavy atom. The molecule has 0 unspecified atom stereocenters. The van der Waals surface area contributed by atoms with Gasteiger partial charge >= 0.3 is 23.1 Å². The molecule has 0 spiro atoms. The highest BCUT2D eigenvalue weighted by Gasteiger charge is 2.81. The second-order valence-electron chi connectivity index (χ2n) is 3.70. The third-order valence-electron chi connectivity index (χ3n) is 2.25. The summed E-state index contributed by atoms with van der Waals surface area (Å²) >= 11 is 3.79. The Balaban J connectivity index is 3.35. The smallest absolute Gasteiger partial charge is 0.393 e. The Bertz CT molecular complexity index is 482. The van der Waals surface area contributed by atoms with Gasteiger partial charge in [-0.1, -0.05) is 0 Å². The summed E-state index contributed by atoms with van der Waals surface area (Å²) in [6, 6.07) is 0.884. The van der Waals surface area contributed by atoms with Gasteiger partial charge in [0.25, 0.3) is 0 Å². The van der Waals surface area contributed by atoms with Crippen molar-refractivity contribution in [2.75, 3.05) is 5.73 Å². The van der Waals surface area contributed by atoms with Gasteiger partial charge in [0.2, 0.25) is 0 Å². The quantitative estimate of drug-likeness (QED) is 0.673. The lowest BCUT2D eigenvalue weighted by Gasteiger charge is -2.34. The second-order valence-corrected chi connectivity index (χ2v) is 4.17. The van der Waals surface area contributed by atoms with Crippen LogP contribution in [0.25, 0.3) is 0 Å². The molecule has 1 aromatic heterocycles. The van der Waals surface area contributed by atoms with E-state index in [0.717, 1.165) is 0 Å². The largest absolute Gasteiger partial charge is 0.397 e. The average Bonchev–Trinajstić information content (AvgIpc) is 2.27. The van der Waals surface area contributed by atoms with Crippen LogP contribution < -0.4 is 5.73 Å². The van der Waals surface area contributed by atoms with Crippen LogP contribution in [0.4, 0.5) is 40.8 Å². The molecule has 1 rings (SSSR count). The molecular formula is C9H5ClF8N2. The van der Waals surface area contributed by atoms with Crippen LogP contribution in [0.3, 0.4) is 0 Å². The first-order chi connectivity index (χ1) is 8.75. The summed E-state index contributed by atoms with van der Waals surface area (Å²) in [5.74, 6) is -18.7. The van der Waals surface area contributed by atoms with Crippen molar-refractivity contribution in [3.05, 3.63) is 24.0 Å². The summed E-state index contributed by atoms with van der Waals surface area (Å²) in [4.78, 5) is 2.74. The van der Waals surface area contributed by atoms with Crippen LogP contribution in [0.5, 0.6) is 0 Å². The fourth-order valence-corrected chi connectivity index (χ4v) is 1.25. The number of hydrogen-bond donors (Lipinski definition) is 1. The van der Waals surface area contributed by atoms with E-state index in [1.165, 1.54) is 0 Å². The van der Waals surface area contributed by atoms with E-state index in [4.69, 9.17) is 5.73 Å². The van der Waals surface area contributed by atoms with Crippen molar-refractivity contribution in [3.63, 3.8) is 0 Å². The molecule has 0 aliphatic heterocycles. The minimum atomic E-state index is -6.51. The second kappa shape index (κ2) is 4.61. The zero-order valence-corrected chi connectivity index (χ0v) is 9.91. The van der Waals surface area contributed by atoms with Gasteiger partial charge in [0.15, 0.2) is 0 Å². The molecule has 0 atom stereocenters. The molecular weight excluding hydrogens is 324 g/mol. The van der Waals surface area contributed by atoms with E-state index in [1.54, 1.807) is 0 Å². The topological polar surface area (TPSA) is 38.9 Å². The highest BCUT2D eigenvalue weighted by atomic mass is 35.5. The Morgan fingerprint density at radius 2 is 1.40 bits per heavy atom. The van der Waals surface area contributed by atoms with E-state index in [2.05, 4.69) is 16.6 Å². The lowest BCUT2D eigenvalue weighted by atomic mass is 10.0. The van der Waals surface area contributed by atoms with Gasteiger partial charge in [-0.15, -0.1) is 0 Å². The monoisotopic (exact) mass is 328 g/mol. The van der Waals surface area contributed by atoms with Gasteiger partial charge in [0.1, 0.15) is 5.69 Å². The van der Waals surface area contributed by atoms with E-state index in [0.29, 0.717) is 12.3 Å². The summed E-state index contributed by atoms with van der Waals surface area (Å²) in [7, 11) is 0. The van der Waals surface area contributed by atoms with Crippen LogP contribution in [0.15, 0.2) is 18.3 Å². The Morgan fingerprint density at radius 1 is 0.900 bits per heavy atom. The number of anilines is 1. The van der Waals surface area contributed by atoms with E-state index in [1.807, 2.05) is 0 Å². The van der Waals surface area contributed by atoms with Crippen LogP contribution in [-0.4, -0.2) is 22.2 Å². The molecule has 0 amide bonds. The Hall–Kier alpha value is -1.32. The van der Waals surface area contributed by atoms with Crippen molar-refractivity contribution in [1.82, 2.24) is 4.98 Å². The number of nitrogens with two attached hydrogens (primary N) is 1. The molecule has 0 fully saturated rings. The summed E-state index contributed by atoms with van der Waals surface area (Å²) in [5, 5.41) is -5.88. The van der Waals surface area contributed by atoms with Gasteiger partial charge in [-0.2, -0.15) is 35.1 Å². The molecule has 20 heavy (non-hydrogen) atoms. The van der Waals surface area contributed by atoms with Crippen LogP contribution in [0, 0.1) is 0 Å². The zero-order valence-electron chi connectivity index (χ0n) is 9.16. The van der Waals surface area contributed by atoms with Gasteiger partial charge in [0, 0.05) is 0 Å². The standard InChI is InChI=1S/C9H5ClF8N2/c10-9(17,18)8(15,16)7(13,14)6(11,12)5-2-1-4(19)3-20-5/h1-3H,19H2. The molecule has 0 saturated heterocycles. The van der Waals surface area contributed by atoms with Crippen molar-refractivity contribution in [2.45, 2.75) is 23.1 Å².